The number of carbonyl (C=O) groups excluding carboxylic acids is 5. The van der Waals surface area contributed by atoms with Crippen molar-refractivity contribution in [2.24, 2.45) is 29.0 Å². The van der Waals surface area contributed by atoms with Gasteiger partial charge in [-0.3, -0.25) is 24.0 Å². The van der Waals surface area contributed by atoms with Crippen LogP contribution in [-0.2, 0) is 28.8 Å². The van der Waals surface area contributed by atoms with Crippen LogP contribution < -0.4 is 33.2 Å². The monoisotopic (exact) mass is 486 g/mol. The number of nitrogens with two attached hydrogens (primary N) is 3. The average molecular weight is 487 g/mol. The van der Waals surface area contributed by atoms with Crippen LogP contribution in [0.5, 0.6) is 0 Å². The van der Waals surface area contributed by atoms with E-state index in [4.69, 9.17) is 17.2 Å². The third kappa shape index (κ3) is 11.6. The number of aliphatic carboxylic acids is 1. The molecule has 0 aromatic heterocycles. The largest absolute Gasteiger partial charge is 0.480 e. The molecule has 0 aromatic rings. The predicted octanol–water partition coefficient (Wildman–Crippen LogP) is -1.91. The first-order valence-corrected chi connectivity index (χ1v) is 11.2. The molecule has 0 heterocycles. The lowest BCUT2D eigenvalue weighted by Gasteiger charge is -2.28. The molecule has 5 atom stereocenters. The van der Waals surface area contributed by atoms with E-state index in [-0.39, 0.29) is 18.8 Å². The molecule has 0 aliphatic rings. The highest BCUT2D eigenvalue weighted by atomic mass is 16.4. The first-order valence-electron chi connectivity index (χ1n) is 11.2. The Morgan fingerprint density at radius 1 is 0.824 bits per heavy atom. The number of primary amides is 2. The highest BCUT2D eigenvalue weighted by molar-refractivity contribution is 5.96. The van der Waals surface area contributed by atoms with Gasteiger partial charge in [0.2, 0.25) is 29.5 Å². The summed E-state index contributed by atoms with van der Waals surface area (Å²) in [7, 11) is 0. The van der Waals surface area contributed by atoms with Crippen molar-refractivity contribution < 1.29 is 33.9 Å². The van der Waals surface area contributed by atoms with Crippen molar-refractivity contribution in [1.29, 1.82) is 0 Å². The van der Waals surface area contributed by atoms with Gasteiger partial charge in [0.1, 0.15) is 18.1 Å². The van der Waals surface area contributed by atoms with Gasteiger partial charge < -0.3 is 38.3 Å². The Bertz CT molecular complexity index is 758. The van der Waals surface area contributed by atoms with Crippen LogP contribution in [0.3, 0.4) is 0 Å². The van der Waals surface area contributed by atoms with E-state index in [1.807, 2.05) is 13.8 Å². The molecular weight excluding hydrogens is 448 g/mol. The zero-order chi connectivity index (χ0) is 26.6. The van der Waals surface area contributed by atoms with Crippen LogP contribution >= 0.6 is 0 Å². The number of hydrogen-bond donors (Lipinski definition) is 7. The van der Waals surface area contributed by atoms with Crippen LogP contribution in [0.1, 0.15) is 59.8 Å². The molecule has 13 nitrogen and oxygen atoms in total. The average Bonchev–Trinajstić information content (AvgIpc) is 2.72. The SMILES string of the molecule is CCC(C)C(NC(=O)C(CC(N)=O)NC(=O)C(N)CC(C)C)C(=O)NC(CCC(N)=O)C(=O)O. The molecule has 0 bridgehead atoms. The summed E-state index contributed by atoms with van der Waals surface area (Å²) in [4.78, 5) is 72.0. The van der Waals surface area contributed by atoms with Gasteiger partial charge in [-0.05, 0) is 24.7 Å². The Kier molecular flexibility index (Phi) is 13.4. The molecule has 5 amide bonds. The molecule has 0 saturated carbocycles. The fraction of sp³-hybridized carbons (Fsp3) is 0.714. The molecule has 0 aliphatic carbocycles. The predicted molar refractivity (Wildman–Crippen MR) is 123 cm³/mol. The summed E-state index contributed by atoms with van der Waals surface area (Å²) in [6.07, 6.45) is -0.246. The Morgan fingerprint density at radius 2 is 1.38 bits per heavy atom. The molecule has 194 valence electrons. The summed E-state index contributed by atoms with van der Waals surface area (Å²) in [6.45, 7) is 7.14. The molecule has 0 fully saturated rings. The molecule has 0 radical (unpaired) electrons. The maximum atomic E-state index is 12.9. The molecule has 0 saturated heterocycles. The second-order valence-electron chi connectivity index (χ2n) is 8.74. The molecule has 34 heavy (non-hydrogen) atoms. The lowest BCUT2D eigenvalue weighted by atomic mass is 9.96. The van der Waals surface area contributed by atoms with Gasteiger partial charge in [0.05, 0.1) is 12.5 Å². The van der Waals surface area contributed by atoms with Crippen LogP contribution in [-0.4, -0.2) is 64.8 Å². The summed E-state index contributed by atoms with van der Waals surface area (Å²) in [6, 6.07) is -4.89. The van der Waals surface area contributed by atoms with Crippen molar-refractivity contribution in [3.8, 4) is 0 Å². The van der Waals surface area contributed by atoms with Crippen molar-refractivity contribution in [2.45, 2.75) is 84.0 Å². The molecule has 0 aromatic carbocycles. The second kappa shape index (κ2) is 14.8. The standard InChI is InChI=1S/C21H38N6O7/c1-5-11(4)17(20(32)25-13(21(33)34)6-7-15(23)28)27-19(31)14(9-16(24)29)26-18(30)12(22)8-10(2)3/h10-14,17H,5-9,22H2,1-4H3,(H2,23,28)(H2,24,29)(H,25,32)(H,26,30)(H,27,31)(H,33,34). The van der Waals surface area contributed by atoms with E-state index >= 15 is 0 Å². The molecule has 13 heteroatoms. The van der Waals surface area contributed by atoms with Gasteiger partial charge in [0.15, 0.2) is 0 Å². The number of rotatable bonds is 16. The normalized spacial score (nSPS) is 15.4. The fourth-order valence-corrected chi connectivity index (χ4v) is 3.07. The van der Waals surface area contributed by atoms with Gasteiger partial charge in [-0.1, -0.05) is 34.1 Å². The number of carboxylic acid groups (broad SMARTS) is 1. The summed E-state index contributed by atoms with van der Waals surface area (Å²) in [5, 5.41) is 16.5. The minimum absolute atomic E-state index is 0.111. The fourth-order valence-electron chi connectivity index (χ4n) is 3.07. The number of amides is 5. The lowest BCUT2D eigenvalue weighted by Crippen LogP contribution is -2.59. The lowest BCUT2D eigenvalue weighted by molar-refractivity contribution is -0.143. The van der Waals surface area contributed by atoms with Gasteiger partial charge >= 0.3 is 5.97 Å². The van der Waals surface area contributed by atoms with Crippen LogP contribution in [0, 0.1) is 11.8 Å². The molecule has 5 unspecified atom stereocenters. The van der Waals surface area contributed by atoms with Gasteiger partial charge in [-0.25, -0.2) is 4.79 Å². The van der Waals surface area contributed by atoms with E-state index in [1.54, 1.807) is 13.8 Å². The van der Waals surface area contributed by atoms with Gasteiger partial charge in [-0.2, -0.15) is 0 Å². The molecule has 0 spiro atoms. The third-order valence-corrected chi connectivity index (χ3v) is 5.19. The maximum Gasteiger partial charge on any atom is 0.326 e. The summed E-state index contributed by atoms with van der Waals surface area (Å²) < 4.78 is 0. The van der Waals surface area contributed by atoms with Crippen LogP contribution in [0.15, 0.2) is 0 Å². The number of carboxylic acids is 1. The van der Waals surface area contributed by atoms with E-state index in [2.05, 4.69) is 16.0 Å². The zero-order valence-electron chi connectivity index (χ0n) is 20.1. The first kappa shape index (κ1) is 30.8. The van der Waals surface area contributed by atoms with Crippen molar-refractivity contribution in [3.63, 3.8) is 0 Å². The van der Waals surface area contributed by atoms with Crippen LogP contribution in [0.25, 0.3) is 0 Å². The Morgan fingerprint density at radius 3 is 1.82 bits per heavy atom. The van der Waals surface area contributed by atoms with Crippen LogP contribution in [0.4, 0.5) is 0 Å². The van der Waals surface area contributed by atoms with Crippen molar-refractivity contribution in [2.75, 3.05) is 0 Å². The smallest absolute Gasteiger partial charge is 0.326 e. The second-order valence-corrected chi connectivity index (χ2v) is 8.74. The quantitative estimate of drug-likeness (QED) is 0.129. The minimum Gasteiger partial charge on any atom is -0.480 e. The Labute approximate surface area is 198 Å². The van der Waals surface area contributed by atoms with Crippen molar-refractivity contribution in [3.05, 3.63) is 0 Å². The highest BCUT2D eigenvalue weighted by Crippen LogP contribution is 2.11. The highest BCUT2D eigenvalue weighted by Gasteiger charge is 2.33. The summed E-state index contributed by atoms with van der Waals surface area (Å²) >= 11 is 0. The van der Waals surface area contributed by atoms with Crippen molar-refractivity contribution in [1.82, 2.24) is 16.0 Å². The van der Waals surface area contributed by atoms with E-state index in [0.29, 0.717) is 12.8 Å². The van der Waals surface area contributed by atoms with Gasteiger partial charge in [0.25, 0.3) is 0 Å². The molecule has 0 aliphatic heterocycles. The Balaban J connectivity index is 5.57. The number of hydrogen-bond acceptors (Lipinski definition) is 7. The third-order valence-electron chi connectivity index (χ3n) is 5.19. The zero-order valence-corrected chi connectivity index (χ0v) is 20.1. The first-order chi connectivity index (χ1) is 15.7. The maximum absolute atomic E-state index is 12.9. The minimum atomic E-state index is -1.40. The van der Waals surface area contributed by atoms with Gasteiger partial charge in [0, 0.05) is 6.42 Å². The molecular formula is C21H38N6O7. The number of carbonyl (C=O) groups is 6. The van der Waals surface area contributed by atoms with E-state index in [1.165, 1.54) is 0 Å². The van der Waals surface area contributed by atoms with E-state index in [0.717, 1.165) is 0 Å². The molecule has 10 N–H and O–H groups in total. The molecule has 0 rings (SSSR count). The van der Waals surface area contributed by atoms with Gasteiger partial charge in [-0.15, -0.1) is 0 Å². The number of nitrogens with one attached hydrogen (secondary N) is 3. The Hall–Kier alpha value is -3.22. The van der Waals surface area contributed by atoms with Crippen LogP contribution in [0.2, 0.25) is 0 Å². The van der Waals surface area contributed by atoms with E-state index in [9.17, 15) is 33.9 Å². The topological polar surface area (TPSA) is 237 Å². The summed E-state index contributed by atoms with van der Waals surface area (Å²) in [5.74, 6) is -5.61. The van der Waals surface area contributed by atoms with Crippen molar-refractivity contribution >= 4 is 35.5 Å². The van der Waals surface area contributed by atoms with E-state index < -0.39 is 72.0 Å². The summed E-state index contributed by atoms with van der Waals surface area (Å²) in [5.41, 5.74) is 16.1.